The number of fused-ring (bicyclic) bond motifs is 2. The minimum atomic E-state index is -0.932. The van der Waals surface area contributed by atoms with Crippen LogP contribution in [0.4, 0.5) is 14.9 Å². The number of rotatable bonds is 2. The highest BCUT2D eigenvalue weighted by Gasteiger charge is 2.68. The van der Waals surface area contributed by atoms with Crippen molar-refractivity contribution >= 4 is 23.5 Å². The first kappa shape index (κ1) is 21.3. The number of Topliss-reactive ketones (excluding diaryl/α,β-unsaturated/α-hetero) is 1. The number of carbonyl (C=O) groups is 3. The molecule has 6 nitrogen and oxygen atoms in total. The van der Waals surface area contributed by atoms with E-state index in [0.29, 0.717) is 0 Å². The number of nitrogens with one attached hydrogen (secondary N) is 1. The van der Waals surface area contributed by atoms with E-state index in [1.54, 1.807) is 26.8 Å². The molecular weight excluding hydrogens is 375 g/mol. The summed E-state index contributed by atoms with van der Waals surface area (Å²) in [6.45, 7) is 11.0. The first-order valence-electron chi connectivity index (χ1n) is 9.92. The molecule has 29 heavy (non-hydrogen) atoms. The molecule has 1 aromatic carbocycles. The third-order valence-electron chi connectivity index (χ3n) is 6.71. The van der Waals surface area contributed by atoms with E-state index >= 15 is 0 Å². The summed E-state index contributed by atoms with van der Waals surface area (Å²) in [5.41, 5.74) is 0.478. The van der Waals surface area contributed by atoms with E-state index in [9.17, 15) is 18.8 Å². The monoisotopic (exact) mass is 404 g/mol. The zero-order chi connectivity index (χ0) is 21.8. The van der Waals surface area contributed by atoms with Crippen molar-refractivity contribution in [3.8, 4) is 0 Å². The molecule has 0 spiro atoms. The average Bonchev–Trinajstić information content (AvgIpc) is 2.90. The van der Waals surface area contributed by atoms with Gasteiger partial charge in [-0.15, -0.1) is 0 Å². The van der Waals surface area contributed by atoms with Crippen molar-refractivity contribution in [2.24, 2.45) is 22.7 Å². The van der Waals surface area contributed by atoms with Gasteiger partial charge in [-0.3, -0.25) is 9.59 Å². The average molecular weight is 404 g/mol. The van der Waals surface area contributed by atoms with Crippen LogP contribution in [0.3, 0.4) is 0 Å². The van der Waals surface area contributed by atoms with Gasteiger partial charge < -0.3 is 4.74 Å². The number of anilines is 1. The lowest BCUT2D eigenvalue weighted by atomic mass is 9.70. The van der Waals surface area contributed by atoms with Gasteiger partial charge in [-0.1, -0.05) is 32.9 Å². The first-order valence-corrected chi connectivity index (χ1v) is 9.92. The highest BCUT2D eigenvalue weighted by Crippen LogP contribution is 2.65. The van der Waals surface area contributed by atoms with Gasteiger partial charge in [-0.25, -0.2) is 19.6 Å². The summed E-state index contributed by atoms with van der Waals surface area (Å²) in [5.74, 6) is -2.55. The molecule has 2 fully saturated rings. The molecule has 0 aromatic heterocycles. The van der Waals surface area contributed by atoms with Crippen LogP contribution in [0.15, 0.2) is 24.3 Å². The molecule has 1 N–H and O–H groups in total. The third kappa shape index (κ3) is 3.40. The van der Waals surface area contributed by atoms with Gasteiger partial charge >= 0.3 is 6.09 Å². The minimum Gasteiger partial charge on any atom is -0.443 e. The number of carbonyl (C=O) groups excluding carboxylic acids is 3. The number of para-hydroxylation sites is 1. The molecule has 2 aliphatic carbocycles. The molecule has 2 saturated carbocycles. The van der Waals surface area contributed by atoms with Crippen molar-refractivity contribution in [2.45, 2.75) is 60.0 Å². The van der Waals surface area contributed by atoms with Gasteiger partial charge in [0.15, 0.2) is 5.78 Å². The minimum absolute atomic E-state index is 0.123. The third-order valence-corrected chi connectivity index (χ3v) is 6.71. The summed E-state index contributed by atoms with van der Waals surface area (Å²) < 4.78 is 19.8. The van der Waals surface area contributed by atoms with E-state index in [1.165, 1.54) is 18.2 Å². The second-order valence-electron chi connectivity index (χ2n) is 9.78. The summed E-state index contributed by atoms with van der Waals surface area (Å²) in [4.78, 5) is 39.1. The lowest BCUT2D eigenvalue weighted by Gasteiger charge is -2.32. The summed E-state index contributed by atoms with van der Waals surface area (Å²) >= 11 is 0. The van der Waals surface area contributed by atoms with Crippen molar-refractivity contribution in [2.75, 3.05) is 5.01 Å². The quantitative estimate of drug-likeness (QED) is 0.591. The molecular formula is C22H29FN2O4. The smallest absolute Gasteiger partial charge is 0.427 e. The SMILES string of the molecule is CC(C)(C)OC(=O)NN(C(=O)[C@@H]1C(=O)[C@@]2(C)CC[C@@H]1C2(C)C)c1ccccc1F. The Bertz CT molecular complexity index is 861. The molecule has 0 saturated heterocycles. The van der Waals surface area contributed by atoms with Crippen LogP contribution in [-0.4, -0.2) is 23.4 Å². The van der Waals surface area contributed by atoms with E-state index in [-0.39, 0.29) is 22.8 Å². The Morgan fingerprint density at radius 2 is 1.83 bits per heavy atom. The Hall–Kier alpha value is -2.44. The highest BCUT2D eigenvalue weighted by atomic mass is 19.1. The van der Waals surface area contributed by atoms with Crippen LogP contribution in [0, 0.1) is 28.5 Å². The van der Waals surface area contributed by atoms with Crippen LogP contribution in [0.2, 0.25) is 0 Å². The largest absolute Gasteiger partial charge is 0.443 e. The predicted octanol–water partition coefficient (Wildman–Crippen LogP) is 4.24. The number of amides is 2. The number of benzene rings is 1. The van der Waals surface area contributed by atoms with E-state index in [1.807, 2.05) is 20.8 Å². The summed E-state index contributed by atoms with van der Waals surface area (Å²) in [5, 5.41) is 0.839. The number of ether oxygens (including phenoxy) is 1. The van der Waals surface area contributed by atoms with Gasteiger partial charge in [0.05, 0.1) is 0 Å². The topological polar surface area (TPSA) is 75.7 Å². The zero-order valence-corrected chi connectivity index (χ0v) is 17.8. The summed E-state index contributed by atoms with van der Waals surface area (Å²) in [7, 11) is 0. The van der Waals surface area contributed by atoms with Crippen molar-refractivity contribution in [3.63, 3.8) is 0 Å². The molecule has 3 atom stereocenters. The fourth-order valence-corrected chi connectivity index (χ4v) is 4.77. The van der Waals surface area contributed by atoms with Crippen molar-refractivity contribution in [3.05, 3.63) is 30.1 Å². The Labute approximate surface area is 170 Å². The lowest BCUT2D eigenvalue weighted by molar-refractivity contribution is -0.138. The number of hydrazine groups is 1. The molecule has 3 rings (SSSR count). The maximum absolute atomic E-state index is 14.5. The Morgan fingerprint density at radius 1 is 1.21 bits per heavy atom. The van der Waals surface area contributed by atoms with Gasteiger partial charge in [0.1, 0.15) is 23.0 Å². The molecule has 0 heterocycles. The van der Waals surface area contributed by atoms with Crippen molar-refractivity contribution in [1.82, 2.24) is 5.43 Å². The van der Waals surface area contributed by atoms with Crippen LogP contribution < -0.4 is 10.4 Å². The first-order chi connectivity index (χ1) is 13.3. The van der Waals surface area contributed by atoms with Gasteiger partial charge in [-0.2, -0.15) is 0 Å². The Morgan fingerprint density at radius 3 is 2.34 bits per heavy atom. The summed E-state index contributed by atoms with van der Waals surface area (Å²) in [6.07, 6.45) is 0.575. The van der Waals surface area contributed by atoms with Crippen LogP contribution in [0.1, 0.15) is 54.4 Å². The van der Waals surface area contributed by atoms with Crippen molar-refractivity contribution < 1.29 is 23.5 Å². The molecule has 0 unspecified atom stereocenters. The maximum Gasteiger partial charge on any atom is 0.427 e. The maximum atomic E-state index is 14.5. The van der Waals surface area contributed by atoms with E-state index in [2.05, 4.69) is 5.43 Å². The predicted molar refractivity (Wildman–Crippen MR) is 106 cm³/mol. The molecule has 2 amide bonds. The van der Waals surface area contributed by atoms with Gasteiger partial charge in [0.2, 0.25) is 0 Å². The Balaban J connectivity index is 1.97. The van der Waals surface area contributed by atoms with Gasteiger partial charge in [0.25, 0.3) is 5.91 Å². The number of hydrogen-bond donors (Lipinski definition) is 1. The van der Waals surface area contributed by atoms with Crippen LogP contribution in [0.5, 0.6) is 0 Å². The molecule has 7 heteroatoms. The molecule has 158 valence electrons. The zero-order valence-electron chi connectivity index (χ0n) is 17.8. The number of halogens is 1. The normalized spacial score (nSPS) is 27.6. The molecule has 0 aliphatic heterocycles. The highest BCUT2D eigenvalue weighted by molar-refractivity contribution is 6.13. The molecule has 2 bridgehead atoms. The number of ketones is 1. The Kier molecular flexibility index (Phi) is 5.00. The van der Waals surface area contributed by atoms with Crippen molar-refractivity contribution in [1.29, 1.82) is 0 Å². The van der Waals surface area contributed by atoms with Gasteiger partial charge in [-0.05, 0) is 57.1 Å². The fraction of sp³-hybridized carbons (Fsp3) is 0.591. The van der Waals surface area contributed by atoms with Crippen LogP contribution in [0.25, 0.3) is 0 Å². The lowest BCUT2D eigenvalue weighted by Crippen LogP contribution is -2.53. The summed E-state index contributed by atoms with van der Waals surface area (Å²) in [6, 6.07) is 5.63. The molecule has 1 aromatic rings. The standard InChI is InChI=1S/C22H29FN2O4/c1-20(2,3)29-19(28)24-25(15-10-8-7-9-14(15)23)18(27)16-13-11-12-22(6,17(16)26)21(13,4)5/h7-10,13,16H,11-12H2,1-6H3,(H,24,28)/t13-,16-,22+/m0/s1. The second-order valence-corrected chi connectivity index (χ2v) is 9.78. The van der Waals surface area contributed by atoms with E-state index in [0.717, 1.165) is 17.9 Å². The molecule has 2 aliphatic rings. The van der Waals surface area contributed by atoms with E-state index in [4.69, 9.17) is 4.74 Å². The van der Waals surface area contributed by atoms with Crippen LogP contribution in [-0.2, 0) is 14.3 Å². The van der Waals surface area contributed by atoms with Crippen LogP contribution >= 0.6 is 0 Å². The van der Waals surface area contributed by atoms with E-state index < -0.39 is 34.8 Å². The number of hydrogen-bond acceptors (Lipinski definition) is 4. The number of nitrogens with zero attached hydrogens (tertiary/aromatic N) is 1. The molecule has 0 radical (unpaired) electrons. The fourth-order valence-electron chi connectivity index (χ4n) is 4.77. The van der Waals surface area contributed by atoms with Gasteiger partial charge in [0, 0.05) is 5.41 Å². The second kappa shape index (κ2) is 6.82.